The first-order chi connectivity index (χ1) is 9.93. The average molecular weight is 331 g/mol. The summed E-state index contributed by atoms with van der Waals surface area (Å²) in [7, 11) is -2.36. The first-order valence-electron chi connectivity index (χ1n) is 6.48. The minimum Gasteiger partial charge on any atom is -0.368 e. The van der Waals surface area contributed by atoms with Crippen molar-refractivity contribution in [3.63, 3.8) is 0 Å². The maximum Gasteiger partial charge on any atom is 0.269 e. The van der Waals surface area contributed by atoms with Gasteiger partial charge in [0.25, 0.3) is 10.1 Å². The van der Waals surface area contributed by atoms with Crippen molar-refractivity contribution in [1.29, 1.82) is 0 Å². The van der Waals surface area contributed by atoms with Crippen molar-refractivity contribution in [2.45, 2.75) is 25.0 Å². The number of hydrogen-bond donors (Lipinski definition) is 1. The molecule has 1 saturated carbocycles. The van der Waals surface area contributed by atoms with E-state index in [-0.39, 0.29) is 12.4 Å². The van der Waals surface area contributed by atoms with Crippen molar-refractivity contribution in [3.8, 4) is 0 Å². The van der Waals surface area contributed by atoms with Crippen LogP contribution in [0.1, 0.15) is 18.5 Å². The molecule has 1 aromatic carbocycles. The smallest absolute Gasteiger partial charge is 0.269 e. The first-order valence-corrected chi connectivity index (χ1v) is 8.43. The van der Waals surface area contributed by atoms with Crippen LogP contribution in [-0.2, 0) is 25.6 Å². The Morgan fingerprint density at radius 1 is 1.43 bits per heavy atom. The molecule has 0 saturated heterocycles. The predicted octanol–water partition coefficient (Wildman–Crippen LogP) is 2.24. The lowest BCUT2D eigenvalue weighted by Crippen LogP contribution is -2.26. The number of hydrogen-bond acceptors (Lipinski definition) is 5. The van der Waals surface area contributed by atoms with E-state index in [4.69, 9.17) is 16.3 Å². The number of rotatable bonds is 6. The Bertz CT molecular complexity index is 768. The summed E-state index contributed by atoms with van der Waals surface area (Å²) in [6.45, 7) is 0.275. The fourth-order valence-electron chi connectivity index (χ4n) is 2.23. The topological polar surface area (TPSA) is 81.3 Å². The summed E-state index contributed by atoms with van der Waals surface area (Å²) < 4.78 is 33.3. The molecule has 0 radical (unpaired) electrons. The molecule has 114 valence electrons. The Labute approximate surface area is 127 Å². The summed E-state index contributed by atoms with van der Waals surface area (Å²) in [5.41, 5.74) is 0.942. The van der Waals surface area contributed by atoms with Gasteiger partial charge >= 0.3 is 0 Å². The molecule has 0 atom stereocenters. The Morgan fingerprint density at radius 3 is 2.86 bits per heavy atom. The highest BCUT2D eigenvalue weighted by Gasteiger charge is 2.48. The van der Waals surface area contributed by atoms with E-state index in [9.17, 15) is 8.42 Å². The molecule has 0 unspecified atom stereocenters. The maximum absolute atomic E-state index is 11.5. The zero-order valence-electron chi connectivity index (χ0n) is 11.4. The van der Waals surface area contributed by atoms with Gasteiger partial charge in [0.15, 0.2) is 0 Å². The fourth-order valence-corrected chi connectivity index (χ4v) is 3.53. The van der Waals surface area contributed by atoms with Crippen molar-refractivity contribution < 1.29 is 17.3 Å². The van der Waals surface area contributed by atoms with Gasteiger partial charge in [-0.3, -0.25) is 9.28 Å². The zero-order chi connectivity index (χ0) is 15.1. The molecular formula is C13H15ClN2O4S. The van der Waals surface area contributed by atoms with E-state index in [0.29, 0.717) is 17.9 Å². The number of aromatic nitrogens is 2. The lowest BCUT2D eigenvalue weighted by molar-refractivity contribution is 0.0332. The SMILES string of the molecule is COS(=O)(=O)CC1(OCc2[nH]nc3cc(Cl)ccc23)CC1. The van der Waals surface area contributed by atoms with Gasteiger partial charge in [0.1, 0.15) is 5.75 Å². The molecule has 1 heterocycles. The van der Waals surface area contributed by atoms with Crippen LogP contribution in [0.3, 0.4) is 0 Å². The highest BCUT2D eigenvalue weighted by molar-refractivity contribution is 7.86. The van der Waals surface area contributed by atoms with Crippen LogP contribution in [0.25, 0.3) is 10.9 Å². The van der Waals surface area contributed by atoms with Gasteiger partial charge in [-0.1, -0.05) is 11.6 Å². The molecule has 8 heteroatoms. The number of nitrogens with zero attached hydrogens (tertiary/aromatic N) is 1. The molecule has 2 aromatic rings. The van der Waals surface area contributed by atoms with Crippen molar-refractivity contribution in [1.82, 2.24) is 10.2 Å². The van der Waals surface area contributed by atoms with Crippen LogP contribution in [-0.4, -0.2) is 37.1 Å². The van der Waals surface area contributed by atoms with Gasteiger partial charge in [0.05, 0.1) is 30.5 Å². The predicted molar refractivity (Wildman–Crippen MR) is 78.7 cm³/mol. The third kappa shape index (κ3) is 3.21. The fraction of sp³-hybridized carbons (Fsp3) is 0.462. The third-order valence-corrected chi connectivity index (χ3v) is 5.24. The lowest BCUT2D eigenvalue weighted by atomic mass is 10.2. The highest BCUT2D eigenvalue weighted by Crippen LogP contribution is 2.41. The quantitative estimate of drug-likeness (QED) is 0.821. The Morgan fingerprint density at radius 2 is 2.19 bits per heavy atom. The number of halogens is 1. The van der Waals surface area contributed by atoms with E-state index in [1.165, 1.54) is 0 Å². The van der Waals surface area contributed by atoms with Gasteiger partial charge in [-0.2, -0.15) is 13.5 Å². The van der Waals surface area contributed by atoms with Crippen LogP contribution in [0, 0.1) is 0 Å². The summed E-state index contributed by atoms with van der Waals surface area (Å²) >= 11 is 5.91. The van der Waals surface area contributed by atoms with E-state index in [0.717, 1.165) is 23.7 Å². The van der Waals surface area contributed by atoms with Gasteiger partial charge in [-0.25, -0.2) is 0 Å². The van der Waals surface area contributed by atoms with Gasteiger partial charge in [0, 0.05) is 10.4 Å². The molecule has 6 nitrogen and oxygen atoms in total. The molecule has 1 N–H and O–H groups in total. The Hall–Kier alpha value is -1.15. The van der Waals surface area contributed by atoms with Crippen LogP contribution in [0.15, 0.2) is 18.2 Å². The lowest BCUT2D eigenvalue weighted by Gasteiger charge is -2.15. The minimum atomic E-state index is -3.52. The largest absolute Gasteiger partial charge is 0.368 e. The number of ether oxygens (including phenoxy) is 1. The standard InChI is InChI=1S/C13H15ClN2O4S/c1-19-21(17,18)8-13(4-5-13)20-7-12-10-3-2-9(14)6-11(10)15-16-12/h2-3,6H,4-5,7-8H2,1H3,(H,15,16). The summed E-state index contributed by atoms with van der Waals surface area (Å²) in [5.74, 6) is -0.117. The van der Waals surface area contributed by atoms with Crippen LogP contribution in [0.4, 0.5) is 0 Å². The van der Waals surface area contributed by atoms with Crippen molar-refractivity contribution >= 4 is 32.6 Å². The van der Waals surface area contributed by atoms with E-state index in [1.807, 2.05) is 6.07 Å². The summed E-state index contributed by atoms with van der Waals surface area (Å²) in [6.07, 6.45) is 1.43. The molecule has 21 heavy (non-hydrogen) atoms. The normalized spacial score (nSPS) is 17.2. The molecule has 3 rings (SSSR count). The molecule has 0 spiro atoms. The van der Waals surface area contributed by atoms with Crippen LogP contribution in [0.5, 0.6) is 0 Å². The summed E-state index contributed by atoms with van der Waals surface area (Å²) in [6, 6.07) is 5.41. The van der Waals surface area contributed by atoms with Crippen molar-refractivity contribution in [2.24, 2.45) is 0 Å². The van der Waals surface area contributed by atoms with Crippen LogP contribution in [0.2, 0.25) is 5.02 Å². The molecule has 1 aromatic heterocycles. The van der Waals surface area contributed by atoms with Crippen molar-refractivity contribution in [3.05, 3.63) is 28.9 Å². The van der Waals surface area contributed by atoms with Gasteiger partial charge < -0.3 is 4.74 Å². The Balaban J connectivity index is 1.72. The molecule has 1 fully saturated rings. The molecule has 1 aliphatic rings. The van der Waals surface area contributed by atoms with Gasteiger partial charge in [0.2, 0.25) is 0 Å². The number of benzene rings is 1. The number of fused-ring (bicyclic) bond motifs is 1. The molecule has 0 aliphatic heterocycles. The third-order valence-electron chi connectivity index (χ3n) is 3.62. The number of H-pyrrole nitrogens is 1. The monoisotopic (exact) mass is 330 g/mol. The second-order valence-electron chi connectivity index (χ2n) is 5.20. The van der Waals surface area contributed by atoms with Crippen molar-refractivity contribution in [2.75, 3.05) is 12.9 Å². The van der Waals surface area contributed by atoms with E-state index < -0.39 is 15.7 Å². The molecular weight excluding hydrogens is 316 g/mol. The summed E-state index contributed by atoms with van der Waals surface area (Å²) in [5, 5.41) is 8.60. The number of nitrogens with one attached hydrogen (secondary N) is 1. The maximum atomic E-state index is 11.5. The van der Waals surface area contributed by atoms with E-state index in [1.54, 1.807) is 12.1 Å². The second kappa shape index (κ2) is 5.24. The molecule has 0 bridgehead atoms. The number of aromatic amines is 1. The van der Waals surface area contributed by atoms with Gasteiger partial charge in [-0.15, -0.1) is 0 Å². The van der Waals surface area contributed by atoms with E-state index >= 15 is 0 Å². The van der Waals surface area contributed by atoms with Crippen LogP contribution >= 0.6 is 11.6 Å². The zero-order valence-corrected chi connectivity index (χ0v) is 13.0. The first kappa shape index (κ1) is 14.8. The Kier molecular flexibility index (Phi) is 3.69. The van der Waals surface area contributed by atoms with Crippen LogP contribution < -0.4 is 0 Å². The molecule has 1 aliphatic carbocycles. The summed E-state index contributed by atoms with van der Waals surface area (Å²) in [4.78, 5) is 0. The second-order valence-corrected chi connectivity index (χ2v) is 7.38. The average Bonchev–Trinajstić information content (AvgIpc) is 3.07. The molecule has 0 amide bonds. The van der Waals surface area contributed by atoms with Gasteiger partial charge in [-0.05, 0) is 31.0 Å². The minimum absolute atomic E-state index is 0.117. The van der Waals surface area contributed by atoms with E-state index in [2.05, 4.69) is 14.4 Å². The highest BCUT2D eigenvalue weighted by atomic mass is 35.5.